The maximum atomic E-state index is 6.13. The van der Waals surface area contributed by atoms with Gasteiger partial charge in [-0.25, -0.2) is 9.97 Å². The molecular weight excluding hydrogens is 246 g/mol. The zero-order valence-corrected chi connectivity index (χ0v) is 11.1. The lowest BCUT2D eigenvalue weighted by molar-refractivity contribution is 0.624. The third kappa shape index (κ3) is 3.06. The van der Waals surface area contributed by atoms with Gasteiger partial charge < -0.3 is 5.73 Å². The van der Waals surface area contributed by atoms with E-state index in [1.54, 1.807) is 12.4 Å². The summed E-state index contributed by atoms with van der Waals surface area (Å²) in [4.78, 5) is 8.67. The predicted molar refractivity (Wildman–Crippen MR) is 74.4 cm³/mol. The van der Waals surface area contributed by atoms with Crippen LogP contribution in [0.2, 0.25) is 5.02 Å². The Kier molecular flexibility index (Phi) is 4.28. The second kappa shape index (κ2) is 5.94. The molecule has 1 aromatic carbocycles. The summed E-state index contributed by atoms with van der Waals surface area (Å²) in [5, 5.41) is 0.708. The Morgan fingerprint density at radius 3 is 2.50 bits per heavy atom. The van der Waals surface area contributed by atoms with E-state index in [9.17, 15) is 0 Å². The minimum Gasteiger partial charge on any atom is -0.327 e. The molecule has 2 N–H and O–H groups in total. The number of benzene rings is 1. The highest BCUT2D eigenvalue weighted by molar-refractivity contribution is 6.33. The summed E-state index contributed by atoms with van der Waals surface area (Å²) in [5.41, 5.74) is 7.75. The minimum atomic E-state index is 0.121. The van der Waals surface area contributed by atoms with Crippen LogP contribution in [-0.2, 0) is 6.42 Å². The summed E-state index contributed by atoms with van der Waals surface area (Å²) < 4.78 is 0. The van der Waals surface area contributed by atoms with Gasteiger partial charge in [-0.2, -0.15) is 0 Å². The second-order valence-electron chi connectivity index (χ2n) is 4.24. The number of aromatic nitrogens is 2. The van der Waals surface area contributed by atoms with Crippen LogP contribution in [-0.4, -0.2) is 16.0 Å². The Labute approximate surface area is 112 Å². The highest BCUT2D eigenvalue weighted by atomic mass is 35.5. The highest BCUT2D eigenvalue weighted by Gasteiger charge is 2.06. The minimum absolute atomic E-state index is 0.121. The van der Waals surface area contributed by atoms with Crippen molar-refractivity contribution in [1.82, 2.24) is 9.97 Å². The van der Waals surface area contributed by atoms with E-state index < -0.39 is 0 Å². The van der Waals surface area contributed by atoms with Crippen LogP contribution in [0, 0.1) is 0 Å². The lowest BCUT2D eigenvalue weighted by Crippen LogP contribution is -2.22. The van der Waals surface area contributed by atoms with Gasteiger partial charge in [0.1, 0.15) is 5.82 Å². The van der Waals surface area contributed by atoms with Gasteiger partial charge in [0.15, 0.2) is 0 Å². The van der Waals surface area contributed by atoms with E-state index in [-0.39, 0.29) is 6.04 Å². The third-order valence-corrected chi connectivity index (χ3v) is 3.19. The number of halogens is 1. The zero-order valence-electron chi connectivity index (χ0n) is 10.3. The highest BCUT2D eigenvalue weighted by Crippen LogP contribution is 2.26. The molecule has 0 bridgehead atoms. The fraction of sp³-hybridized carbons (Fsp3) is 0.286. The van der Waals surface area contributed by atoms with E-state index in [4.69, 9.17) is 17.3 Å². The van der Waals surface area contributed by atoms with Crippen LogP contribution in [0.5, 0.6) is 0 Å². The van der Waals surface area contributed by atoms with Crippen LogP contribution in [0.15, 0.2) is 36.7 Å². The van der Waals surface area contributed by atoms with Crippen LogP contribution < -0.4 is 5.73 Å². The maximum Gasteiger partial charge on any atom is 0.129 e. The summed E-state index contributed by atoms with van der Waals surface area (Å²) >= 11 is 6.13. The average molecular weight is 262 g/mol. The van der Waals surface area contributed by atoms with Crippen molar-refractivity contribution in [2.75, 3.05) is 0 Å². The van der Waals surface area contributed by atoms with Crippen molar-refractivity contribution in [3.05, 3.63) is 47.5 Å². The molecule has 1 unspecified atom stereocenters. The van der Waals surface area contributed by atoms with E-state index in [2.05, 4.69) is 16.9 Å². The smallest absolute Gasteiger partial charge is 0.129 e. The van der Waals surface area contributed by atoms with Crippen LogP contribution in [0.3, 0.4) is 0 Å². The Morgan fingerprint density at radius 2 is 1.89 bits per heavy atom. The molecule has 0 saturated heterocycles. The van der Waals surface area contributed by atoms with Crippen LogP contribution in [0.25, 0.3) is 11.1 Å². The Bertz CT molecular complexity index is 511. The van der Waals surface area contributed by atoms with Crippen molar-refractivity contribution in [2.24, 2.45) is 5.73 Å². The van der Waals surface area contributed by atoms with Gasteiger partial charge in [0.05, 0.1) is 0 Å². The molecule has 0 aliphatic carbocycles. The molecule has 94 valence electrons. The number of nitrogens with zero attached hydrogens (tertiary/aromatic N) is 2. The van der Waals surface area contributed by atoms with E-state index in [1.165, 1.54) is 0 Å². The first kappa shape index (κ1) is 13.0. The normalized spacial score (nSPS) is 12.4. The summed E-state index contributed by atoms with van der Waals surface area (Å²) in [6, 6.07) is 7.79. The van der Waals surface area contributed by atoms with Gasteiger partial charge in [-0.1, -0.05) is 36.7 Å². The fourth-order valence-electron chi connectivity index (χ4n) is 1.67. The van der Waals surface area contributed by atoms with Gasteiger partial charge in [-0.15, -0.1) is 0 Å². The number of nitrogens with two attached hydrogens (primary N) is 1. The lowest BCUT2D eigenvalue weighted by atomic mass is 10.1. The largest absolute Gasteiger partial charge is 0.327 e. The molecule has 3 nitrogen and oxygen atoms in total. The molecule has 1 aromatic heterocycles. The summed E-state index contributed by atoms with van der Waals surface area (Å²) in [5.74, 6) is 0.778. The van der Waals surface area contributed by atoms with Gasteiger partial charge in [0.2, 0.25) is 0 Å². The molecule has 0 spiro atoms. The molecule has 4 heteroatoms. The second-order valence-corrected chi connectivity index (χ2v) is 4.65. The molecule has 0 radical (unpaired) electrons. The Hall–Kier alpha value is -1.45. The monoisotopic (exact) mass is 261 g/mol. The molecule has 18 heavy (non-hydrogen) atoms. The van der Waals surface area contributed by atoms with Crippen LogP contribution in [0.4, 0.5) is 0 Å². The first-order valence-corrected chi connectivity index (χ1v) is 6.40. The number of rotatable bonds is 4. The molecule has 0 amide bonds. The van der Waals surface area contributed by atoms with Crippen LogP contribution >= 0.6 is 11.6 Å². The van der Waals surface area contributed by atoms with Crippen molar-refractivity contribution in [1.29, 1.82) is 0 Å². The predicted octanol–water partition coefficient (Wildman–Crippen LogP) is 3.08. The van der Waals surface area contributed by atoms with Crippen molar-refractivity contribution in [2.45, 2.75) is 25.8 Å². The van der Waals surface area contributed by atoms with Gasteiger partial charge >= 0.3 is 0 Å². The molecule has 1 atom stereocenters. The molecule has 0 aliphatic heterocycles. The van der Waals surface area contributed by atoms with Gasteiger partial charge in [-0.05, 0) is 12.5 Å². The molecule has 0 fully saturated rings. The third-order valence-electron chi connectivity index (χ3n) is 2.86. The topological polar surface area (TPSA) is 51.8 Å². The number of hydrogen-bond acceptors (Lipinski definition) is 3. The molecule has 2 aromatic rings. The van der Waals surface area contributed by atoms with Gasteiger partial charge in [-0.3, -0.25) is 0 Å². The Balaban J connectivity index is 2.20. The maximum absolute atomic E-state index is 6.13. The molecule has 1 heterocycles. The standard InChI is InChI=1S/C14H16ClN3/c1-2-11(16)7-14-17-8-10(9-18-14)12-5-3-4-6-13(12)15/h3-6,8-9,11H,2,7,16H2,1H3. The molecule has 0 aliphatic rings. The van der Waals surface area contributed by atoms with Gasteiger partial charge in [0.25, 0.3) is 0 Å². The first-order valence-electron chi connectivity index (χ1n) is 6.02. The van der Waals surface area contributed by atoms with E-state index in [0.29, 0.717) is 11.4 Å². The summed E-state index contributed by atoms with van der Waals surface area (Å²) in [6.45, 7) is 2.06. The number of hydrogen-bond donors (Lipinski definition) is 1. The van der Waals surface area contributed by atoms with Crippen molar-refractivity contribution in [3.8, 4) is 11.1 Å². The van der Waals surface area contributed by atoms with E-state index >= 15 is 0 Å². The molecule has 2 rings (SSSR count). The van der Waals surface area contributed by atoms with E-state index in [0.717, 1.165) is 23.4 Å². The van der Waals surface area contributed by atoms with Crippen molar-refractivity contribution < 1.29 is 0 Å². The Morgan fingerprint density at radius 1 is 1.22 bits per heavy atom. The lowest BCUT2D eigenvalue weighted by Gasteiger charge is -2.08. The van der Waals surface area contributed by atoms with E-state index in [1.807, 2.05) is 24.3 Å². The van der Waals surface area contributed by atoms with Gasteiger partial charge in [0, 0.05) is 41.0 Å². The molecule has 0 saturated carbocycles. The van der Waals surface area contributed by atoms with Crippen LogP contribution in [0.1, 0.15) is 19.2 Å². The zero-order chi connectivity index (χ0) is 13.0. The first-order chi connectivity index (χ1) is 8.70. The summed E-state index contributed by atoms with van der Waals surface area (Å²) in [7, 11) is 0. The van der Waals surface area contributed by atoms with Crippen molar-refractivity contribution in [3.63, 3.8) is 0 Å². The fourth-order valence-corrected chi connectivity index (χ4v) is 1.92. The van der Waals surface area contributed by atoms with Crippen molar-refractivity contribution >= 4 is 11.6 Å². The quantitative estimate of drug-likeness (QED) is 0.920. The average Bonchev–Trinajstić information content (AvgIpc) is 2.40. The molecular formula is C14H16ClN3. The summed E-state index contributed by atoms with van der Waals surface area (Å²) in [6.07, 6.45) is 5.23. The SMILES string of the molecule is CCC(N)Cc1ncc(-c2ccccc2Cl)cn1.